The van der Waals surface area contributed by atoms with E-state index in [4.69, 9.17) is 10.00 Å². The van der Waals surface area contributed by atoms with Crippen LogP contribution in [0.15, 0.2) is 42.5 Å². The zero-order valence-corrected chi connectivity index (χ0v) is 13.8. The topological polar surface area (TPSA) is 82.4 Å². The van der Waals surface area contributed by atoms with E-state index in [-0.39, 0.29) is 18.4 Å². The number of nitrogens with zero attached hydrogens (tertiary/aromatic N) is 2. The van der Waals surface area contributed by atoms with E-state index >= 15 is 0 Å². The van der Waals surface area contributed by atoms with Crippen LogP contribution in [0.5, 0.6) is 5.75 Å². The number of carbonyl (C=O) groups excluding carboxylic acids is 2. The third-order valence-corrected chi connectivity index (χ3v) is 4.06. The number of carbonyl (C=O) groups is 2. The van der Waals surface area contributed by atoms with Crippen molar-refractivity contribution in [3.63, 3.8) is 0 Å². The van der Waals surface area contributed by atoms with Crippen molar-refractivity contribution in [1.29, 1.82) is 5.26 Å². The molecule has 0 radical (unpaired) electrons. The molecule has 1 aliphatic heterocycles. The average molecular weight is 335 g/mol. The Morgan fingerprint density at radius 3 is 2.96 bits per heavy atom. The van der Waals surface area contributed by atoms with Gasteiger partial charge in [0.05, 0.1) is 17.3 Å². The minimum atomic E-state index is -0.217. The number of rotatable bonds is 4. The Balaban J connectivity index is 1.62. The number of fused-ring (bicyclic) bond motifs is 1. The first-order valence-corrected chi connectivity index (χ1v) is 7.89. The van der Waals surface area contributed by atoms with Gasteiger partial charge in [0.15, 0.2) is 6.61 Å². The molecular weight excluding hydrogens is 318 g/mol. The highest BCUT2D eigenvalue weighted by Gasteiger charge is 2.22. The molecule has 25 heavy (non-hydrogen) atoms. The van der Waals surface area contributed by atoms with E-state index in [1.54, 1.807) is 36.2 Å². The number of benzene rings is 2. The normalized spacial score (nSPS) is 12.8. The van der Waals surface area contributed by atoms with Crippen molar-refractivity contribution in [2.45, 2.75) is 6.42 Å². The van der Waals surface area contributed by atoms with Gasteiger partial charge in [-0.3, -0.25) is 9.59 Å². The van der Waals surface area contributed by atoms with Crippen molar-refractivity contribution in [3.05, 3.63) is 59.2 Å². The van der Waals surface area contributed by atoms with Crippen LogP contribution in [0, 0.1) is 11.3 Å². The molecule has 1 heterocycles. The summed E-state index contributed by atoms with van der Waals surface area (Å²) in [5, 5.41) is 11.7. The van der Waals surface area contributed by atoms with E-state index in [0.717, 1.165) is 11.3 Å². The largest absolute Gasteiger partial charge is 0.482 e. The van der Waals surface area contributed by atoms with E-state index in [1.165, 1.54) is 0 Å². The monoisotopic (exact) mass is 335 g/mol. The quantitative estimate of drug-likeness (QED) is 0.925. The lowest BCUT2D eigenvalue weighted by atomic mass is 10.1. The average Bonchev–Trinajstić information content (AvgIpc) is 2.65. The second-order valence-electron chi connectivity index (χ2n) is 5.74. The first-order chi connectivity index (χ1) is 12.1. The number of ether oxygens (including phenoxy) is 1. The Morgan fingerprint density at radius 2 is 2.16 bits per heavy atom. The molecule has 0 aliphatic carbocycles. The summed E-state index contributed by atoms with van der Waals surface area (Å²) in [4.78, 5) is 25.4. The van der Waals surface area contributed by atoms with Crippen LogP contribution < -0.4 is 15.0 Å². The Kier molecular flexibility index (Phi) is 4.66. The maximum Gasteiger partial charge on any atom is 0.264 e. The van der Waals surface area contributed by atoms with Gasteiger partial charge in [0.25, 0.3) is 11.8 Å². The molecule has 0 saturated carbocycles. The van der Waals surface area contributed by atoms with Crippen LogP contribution in [0.1, 0.15) is 21.5 Å². The highest BCUT2D eigenvalue weighted by atomic mass is 16.5. The van der Waals surface area contributed by atoms with E-state index in [9.17, 15) is 9.59 Å². The van der Waals surface area contributed by atoms with E-state index in [0.29, 0.717) is 29.8 Å². The van der Waals surface area contributed by atoms with Gasteiger partial charge in [-0.2, -0.15) is 5.26 Å². The van der Waals surface area contributed by atoms with E-state index in [2.05, 4.69) is 5.32 Å². The summed E-state index contributed by atoms with van der Waals surface area (Å²) in [6, 6.07) is 14.3. The van der Waals surface area contributed by atoms with Crippen molar-refractivity contribution >= 4 is 17.5 Å². The molecule has 0 aromatic heterocycles. The van der Waals surface area contributed by atoms with E-state index < -0.39 is 0 Å². The summed E-state index contributed by atoms with van der Waals surface area (Å²) in [6.07, 6.45) is 0.624. The fourth-order valence-corrected chi connectivity index (χ4v) is 2.63. The molecule has 2 aromatic carbocycles. The number of hydrogen-bond donors (Lipinski definition) is 1. The molecule has 0 atom stereocenters. The molecule has 2 aromatic rings. The molecule has 0 spiro atoms. The molecule has 126 valence electrons. The Morgan fingerprint density at radius 1 is 1.32 bits per heavy atom. The molecule has 0 fully saturated rings. The van der Waals surface area contributed by atoms with Crippen LogP contribution >= 0.6 is 0 Å². The molecule has 1 aliphatic rings. The second-order valence-corrected chi connectivity index (χ2v) is 5.74. The van der Waals surface area contributed by atoms with E-state index in [1.807, 2.05) is 24.3 Å². The molecular formula is C19H17N3O3. The lowest BCUT2D eigenvalue weighted by molar-refractivity contribution is -0.120. The van der Waals surface area contributed by atoms with Gasteiger partial charge in [0.1, 0.15) is 5.75 Å². The maximum atomic E-state index is 12.1. The molecule has 3 rings (SSSR count). The van der Waals surface area contributed by atoms with Gasteiger partial charge in [-0.05, 0) is 42.3 Å². The van der Waals surface area contributed by atoms with Crippen LogP contribution in [0.4, 0.5) is 5.69 Å². The molecule has 6 nitrogen and oxygen atoms in total. The van der Waals surface area contributed by atoms with Crippen molar-refractivity contribution in [3.8, 4) is 11.8 Å². The second kappa shape index (κ2) is 7.05. The van der Waals surface area contributed by atoms with Crippen LogP contribution in [0.2, 0.25) is 0 Å². The highest BCUT2D eigenvalue weighted by molar-refractivity contribution is 5.97. The number of anilines is 1. The fraction of sp³-hybridized carbons (Fsp3) is 0.211. The number of nitrogens with one attached hydrogen (secondary N) is 1. The Labute approximate surface area is 145 Å². The molecule has 0 unspecified atom stereocenters. The summed E-state index contributed by atoms with van der Waals surface area (Å²) in [6.45, 7) is 0.508. The van der Waals surface area contributed by atoms with Gasteiger partial charge in [-0.15, -0.1) is 0 Å². The minimum absolute atomic E-state index is 0.0562. The van der Waals surface area contributed by atoms with Crippen molar-refractivity contribution in [2.75, 3.05) is 25.1 Å². The maximum absolute atomic E-state index is 12.1. The van der Waals surface area contributed by atoms with Crippen molar-refractivity contribution in [1.82, 2.24) is 5.32 Å². The molecule has 2 amide bonds. The van der Waals surface area contributed by atoms with Gasteiger partial charge < -0.3 is 15.0 Å². The number of hydrogen-bond acceptors (Lipinski definition) is 4. The Bertz CT molecular complexity index is 870. The minimum Gasteiger partial charge on any atom is -0.482 e. The van der Waals surface area contributed by atoms with Crippen LogP contribution in [-0.4, -0.2) is 32.0 Å². The fourth-order valence-electron chi connectivity index (χ4n) is 2.63. The van der Waals surface area contributed by atoms with Gasteiger partial charge in [-0.25, -0.2) is 0 Å². The van der Waals surface area contributed by atoms with Crippen LogP contribution in [0.3, 0.4) is 0 Å². The zero-order chi connectivity index (χ0) is 17.8. The predicted octanol–water partition coefficient (Wildman–Crippen LogP) is 1.89. The van der Waals surface area contributed by atoms with Gasteiger partial charge in [-0.1, -0.05) is 12.1 Å². The first-order valence-electron chi connectivity index (χ1n) is 7.89. The standard InChI is InChI=1S/C19H17N3O3/c1-22-16-10-13(5-6-17(16)25-12-18(22)23)7-8-21-19(24)15-4-2-3-14(9-15)11-20/h2-6,9-10H,7-8,12H2,1H3,(H,21,24). The van der Waals surface area contributed by atoms with Gasteiger partial charge in [0, 0.05) is 19.2 Å². The third kappa shape index (κ3) is 3.61. The van der Waals surface area contributed by atoms with Gasteiger partial charge >= 0.3 is 0 Å². The molecule has 6 heteroatoms. The van der Waals surface area contributed by atoms with Crippen LogP contribution in [0.25, 0.3) is 0 Å². The number of amides is 2. The smallest absolute Gasteiger partial charge is 0.264 e. The van der Waals surface area contributed by atoms with Crippen molar-refractivity contribution in [2.24, 2.45) is 0 Å². The van der Waals surface area contributed by atoms with Crippen LogP contribution in [-0.2, 0) is 11.2 Å². The summed E-state index contributed by atoms with van der Waals surface area (Å²) < 4.78 is 5.40. The zero-order valence-electron chi connectivity index (χ0n) is 13.8. The summed E-state index contributed by atoms with van der Waals surface area (Å²) in [7, 11) is 1.72. The summed E-state index contributed by atoms with van der Waals surface area (Å²) in [5.74, 6) is 0.379. The van der Waals surface area contributed by atoms with Crippen molar-refractivity contribution < 1.29 is 14.3 Å². The molecule has 0 bridgehead atoms. The predicted molar refractivity (Wildman–Crippen MR) is 92.5 cm³/mol. The highest BCUT2D eigenvalue weighted by Crippen LogP contribution is 2.31. The SMILES string of the molecule is CN1C(=O)COc2ccc(CCNC(=O)c3cccc(C#N)c3)cc21. The number of nitriles is 1. The summed E-state index contributed by atoms with van der Waals surface area (Å²) >= 11 is 0. The third-order valence-electron chi connectivity index (χ3n) is 4.06. The molecule has 1 N–H and O–H groups in total. The number of likely N-dealkylation sites (N-methyl/N-ethyl adjacent to an activating group) is 1. The molecule has 0 saturated heterocycles. The summed E-state index contributed by atoms with van der Waals surface area (Å²) in [5.41, 5.74) is 2.65. The van der Waals surface area contributed by atoms with Gasteiger partial charge in [0.2, 0.25) is 0 Å². The lowest BCUT2D eigenvalue weighted by Gasteiger charge is -2.26. The first kappa shape index (κ1) is 16.5. The Hall–Kier alpha value is -3.33. The lowest BCUT2D eigenvalue weighted by Crippen LogP contribution is -2.35.